The molecule has 0 nitrogen and oxygen atoms in total. The topological polar surface area (TPSA) is 0 Å². The molecule has 0 saturated heterocycles. The molecule has 6 heavy (non-hydrogen) atoms. The van der Waals surface area contributed by atoms with E-state index in [0.29, 0.717) is 0 Å². The Bertz CT molecular complexity index is 11.4. The summed E-state index contributed by atoms with van der Waals surface area (Å²) in [6.45, 7) is 2.16. The van der Waals surface area contributed by atoms with E-state index in [1.165, 1.54) is 12.8 Å². The van der Waals surface area contributed by atoms with Crippen molar-refractivity contribution in [1.82, 2.24) is 0 Å². The number of unbranched alkanes of at least 4 members (excludes halogenated alkanes) is 1. The van der Waals surface area contributed by atoms with Crippen LogP contribution in [0.4, 0.5) is 0 Å². The lowest BCUT2D eigenvalue weighted by atomic mass is 10.4. The molecule has 0 heterocycles. The molecule has 0 aliphatic carbocycles. The van der Waals surface area contributed by atoms with Crippen LogP contribution in [0.2, 0.25) is 0 Å². The molecular formula is C5H10S. The van der Waals surface area contributed by atoms with Crippen molar-refractivity contribution in [3.63, 3.8) is 0 Å². The normalized spacial score (nSPS) is 7.00. The third kappa shape index (κ3) is 8.84. The predicted octanol–water partition coefficient (Wildman–Crippen LogP) is 1.80. The van der Waals surface area contributed by atoms with E-state index < -0.39 is 0 Å². The number of rotatable bonds is 2. The van der Waals surface area contributed by atoms with Crippen LogP contribution in [-0.2, 0) is 0 Å². The van der Waals surface area contributed by atoms with Crippen LogP contribution in [0.25, 0.3) is 0 Å². The summed E-state index contributed by atoms with van der Waals surface area (Å²) in [4.78, 5) is 0. The van der Waals surface area contributed by atoms with Gasteiger partial charge in [0.25, 0.3) is 0 Å². The minimum Gasteiger partial charge on any atom is -0.179 e. The first kappa shape index (κ1) is 9.61. The van der Waals surface area contributed by atoms with Gasteiger partial charge in [-0.3, -0.25) is 0 Å². The first-order valence-electron chi connectivity index (χ1n) is 2.02. The molecule has 36 valence electrons. The van der Waals surface area contributed by atoms with Gasteiger partial charge in [-0.05, 0) is 12.2 Å². The van der Waals surface area contributed by atoms with E-state index in [1.54, 1.807) is 0 Å². The minimum absolute atomic E-state index is 0. The van der Waals surface area contributed by atoms with Gasteiger partial charge in [0.05, 0.1) is 0 Å². The molecule has 0 aromatic carbocycles. The molecule has 0 saturated carbocycles. The van der Waals surface area contributed by atoms with Gasteiger partial charge in [0.1, 0.15) is 0 Å². The van der Waals surface area contributed by atoms with Gasteiger partial charge in [0.15, 0.2) is 0 Å². The summed E-state index contributed by atoms with van der Waals surface area (Å²) >= 11 is 4.00. The van der Waals surface area contributed by atoms with E-state index in [-0.39, 0.29) is 7.43 Å². The van der Waals surface area contributed by atoms with Crippen molar-refractivity contribution in [3.8, 4) is 0 Å². The fourth-order valence-corrected chi connectivity index (χ4v) is 0.474. The first-order valence-corrected chi connectivity index (χ1v) is 2.66. The van der Waals surface area contributed by atoms with E-state index in [4.69, 9.17) is 0 Å². The largest absolute Gasteiger partial charge is 0.179 e. The summed E-state index contributed by atoms with van der Waals surface area (Å²) in [7, 11) is 0. The third-order valence-corrected chi connectivity index (χ3v) is 0.828. The highest BCUT2D eigenvalue weighted by Gasteiger charge is 1.68. The highest BCUT2D eigenvalue weighted by atomic mass is 32.1. The van der Waals surface area contributed by atoms with Crippen molar-refractivity contribution in [2.75, 3.05) is 5.75 Å². The average molecular weight is 102 g/mol. The fourth-order valence-electron chi connectivity index (χ4n) is 0.158. The lowest BCUT2D eigenvalue weighted by molar-refractivity contribution is 0.899. The Balaban J connectivity index is 0. The lowest BCUT2D eigenvalue weighted by Crippen LogP contribution is -1.65. The summed E-state index contributed by atoms with van der Waals surface area (Å²) in [5.41, 5.74) is 0. The van der Waals surface area contributed by atoms with Gasteiger partial charge in [-0.2, -0.15) is 12.6 Å². The van der Waals surface area contributed by atoms with Gasteiger partial charge in [-0.25, -0.2) is 0 Å². The van der Waals surface area contributed by atoms with Crippen molar-refractivity contribution >= 4 is 12.6 Å². The Morgan fingerprint density at radius 2 is 2.00 bits per heavy atom. The van der Waals surface area contributed by atoms with Crippen LogP contribution in [0, 0.1) is 7.43 Å². The molecule has 0 N–H and O–H groups in total. The fraction of sp³-hybridized carbons (Fsp3) is 0.800. The standard InChI is InChI=1S/C4H10S.C/c1-2-3-4-5;/h5H,2-4H2,1H3;. The molecule has 0 fully saturated rings. The molecule has 0 amide bonds. The molecule has 0 rings (SSSR count). The first-order chi connectivity index (χ1) is 2.41. The number of hydrogen-bond donors (Lipinski definition) is 1. The maximum Gasteiger partial charge on any atom is 0 e. The maximum atomic E-state index is 4.00. The quantitative estimate of drug-likeness (QED) is 0.505. The predicted molar refractivity (Wildman–Crippen MR) is 32.0 cm³/mol. The Labute approximate surface area is 46.4 Å². The van der Waals surface area contributed by atoms with Gasteiger partial charge in [-0.15, -0.1) is 0 Å². The summed E-state index contributed by atoms with van der Waals surface area (Å²) in [6.07, 6.45) is 2.52. The minimum atomic E-state index is 0. The highest BCUT2D eigenvalue weighted by Crippen LogP contribution is 1.85. The lowest BCUT2D eigenvalue weighted by Gasteiger charge is -1.78. The molecule has 0 aliphatic heterocycles. The summed E-state index contributed by atoms with van der Waals surface area (Å²) in [6, 6.07) is 0. The van der Waals surface area contributed by atoms with Crippen molar-refractivity contribution in [2.24, 2.45) is 0 Å². The zero-order valence-electron chi connectivity index (χ0n) is 4.07. The van der Waals surface area contributed by atoms with Crippen molar-refractivity contribution in [1.29, 1.82) is 0 Å². The van der Waals surface area contributed by atoms with Crippen LogP contribution in [0.1, 0.15) is 19.8 Å². The zero-order chi connectivity index (χ0) is 4.12. The Kier molecular flexibility index (Phi) is 14.4. The van der Waals surface area contributed by atoms with E-state index in [1.807, 2.05) is 0 Å². The number of hydrogen-bond acceptors (Lipinski definition) is 1. The van der Waals surface area contributed by atoms with Crippen LogP contribution < -0.4 is 0 Å². The van der Waals surface area contributed by atoms with Crippen LogP contribution in [0.15, 0.2) is 0 Å². The van der Waals surface area contributed by atoms with E-state index >= 15 is 0 Å². The second-order valence-electron chi connectivity index (χ2n) is 1.08. The summed E-state index contributed by atoms with van der Waals surface area (Å²) in [5.74, 6) is 1.04. The smallest absolute Gasteiger partial charge is 0 e. The number of thiol groups is 1. The molecule has 0 atom stereocenters. The SMILES string of the molecule is CCCCS.[C]. The van der Waals surface area contributed by atoms with Crippen molar-refractivity contribution in [3.05, 3.63) is 7.43 Å². The molecule has 0 unspecified atom stereocenters. The van der Waals surface area contributed by atoms with Crippen LogP contribution in [0.3, 0.4) is 0 Å². The Hall–Kier alpha value is 0.350. The van der Waals surface area contributed by atoms with Gasteiger partial charge in [-0.1, -0.05) is 13.3 Å². The van der Waals surface area contributed by atoms with E-state index in [2.05, 4.69) is 19.6 Å². The molecule has 0 bridgehead atoms. The summed E-state index contributed by atoms with van der Waals surface area (Å²) in [5, 5.41) is 0. The Morgan fingerprint density at radius 3 is 2.00 bits per heavy atom. The Morgan fingerprint density at radius 1 is 1.50 bits per heavy atom. The van der Waals surface area contributed by atoms with E-state index in [0.717, 1.165) is 5.75 Å². The van der Waals surface area contributed by atoms with Gasteiger partial charge in [0, 0.05) is 7.43 Å². The molecule has 0 spiro atoms. The zero-order valence-corrected chi connectivity index (χ0v) is 4.96. The molecule has 0 aliphatic rings. The summed E-state index contributed by atoms with van der Waals surface area (Å²) < 4.78 is 0. The molecule has 0 aromatic rings. The average Bonchev–Trinajstić information content (AvgIpc) is 1.41. The van der Waals surface area contributed by atoms with Crippen LogP contribution in [0.5, 0.6) is 0 Å². The molecule has 0 aromatic heterocycles. The maximum absolute atomic E-state index is 4.00. The van der Waals surface area contributed by atoms with Crippen LogP contribution >= 0.6 is 12.6 Å². The second kappa shape index (κ2) is 9.02. The van der Waals surface area contributed by atoms with Gasteiger partial charge < -0.3 is 0 Å². The molecular weight excluding hydrogens is 92.1 g/mol. The monoisotopic (exact) mass is 102 g/mol. The van der Waals surface area contributed by atoms with Crippen molar-refractivity contribution in [2.45, 2.75) is 19.8 Å². The van der Waals surface area contributed by atoms with Gasteiger partial charge in [0.2, 0.25) is 0 Å². The van der Waals surface area contributed by atoms with E-state index in [9.17, 15) is 0 Å². The van der Waals surface area contributed by atoms with Crippen molar-refractivity contribution < 1.29 is 0 Å². The highest BCUT2D eigenvalue weighted by molar-refractivity contribution is 7.80. The molecule has 1 heteroatoms. The third-order valence-electron chi connectivity index (χ3n) is 0.512. The second-order valence-corrected chi connectivity index (χ2v) is 1.52. The molecule has 4 radical (unpaired) electrons. The van der Waals surface area contributed by atoms with Gasteiger partial charge >= 0.3 is 0 Å². The van der Waals surface area contributed by atoms with Crippen LogP contribution in [-0.4, -0.2) is 5.75 Å².